The number of methoxy groups -OCH3 is 2. The first-order chi connectivity index (χ1) is 52.3. The number of furan rings is 3. The van der Waals surface area contributed by atoms with Crippen LogP contribution in [0.4, 0.5) is 0 Å². The largest absolute Gasteiger partial charge is 0.497 e. The van der Waals surface area contributed by atoms with E-state index < -0.39 is 18.3 Å². The number of halogens is 2. The van der Waals surface area contributed by atoms with Crippen molar-refractivity contribution in [2.24, 2.45) is 0 Å². The Balaban J connectivity index is 0.000000143. The van der Waals surface area contributed by atoms with Crippen LogP contribution in [0.1, 0.15) is 116 Å². The van der Waals surface area contributed by atoms with Crippen molar-refractivity contribution in [3.8, 4) is 69.4 Å². The van der Waals surface area contributed by atoms with Crippen molar-refractivity contribution in [1.82, 2.24) is 45.3 Å². The quantitative estimate of drug-likeness (QED) is 0.0479. The Morgan fingerprint density at radius 2 is 0.815 bits per heavy atom. The fourth-order valence-electron chi connectivity index (χ4n) is 14.5. The highest BCUT2D eigenvalue weighted by Crippen LogP contribution is 2.41. The van der Waals surface area contributed by atoms with Crippen molar-refractivity contribution in [3.05, 3.63) is 177 Å². The van der Waals surface area contributed by atoms with Crippen LogP contribution in [0.2, 0.25) is 10.0 Å². The summed E-state index contributed by atoms with van der Waals surface area (Å²) in [6.45, 7) is 21.3. The molecule has 0 aliphatic carbocycles. The normalized spacial score (nSPS) is 16.0. The maximum atomic E-state index is 10.7. The summed E-state index contributed by atoms with van der Waals surface area (Å²) in [7, 11) is 3.34. The topological polar surface area (TPSA) is 282 Å². The van der Waals surface area contributed by atoms with Gasteiger partial charge >= 0.3 is 0 Å². The zero-order valence-corrected chi connectivity index (χ0v) is 63.8. The summed E-state index contributed by atoms with van der Waals surface area (Å²) >= 11 is 12.8. The van der Waals surface area contributed by atoms with E-state index in [1.807, 2.05) is 117 Å². The van der Waals surface area contributed by atoms with E-state index in [9.17, 15) is 15.3 Å². The molecule has 0 radical (unpaired) electrons. The number of ether oxygens (including phenoxy) is 6. The first-order valence-corrected chi connectivity index (χ1v) is 37.6. The number of fused-ring (bicyclic) bond motifs is 3. The van der Waals surface area contributed by atoms with Gasteiger partial charge in [-0.15, -0.1) is 30.6 Å². The molecule has 6 aromatic heterocycles. The summed E-state index contributed by atoms with van der Waals surface area (Å²) in [5, 5.41) is 59.4. The lowest BCUT2D eigenvalue weighted by Crippen LogP contribution is -2.40. The molecule has 0 saturated carbocycles. The van der Waals surface area contributed by atoms with E-state index in [4.69, 9.17) is 78.1 Å². The van der Waals surface area contributed by atoms with Crippen LogP contribution in [-0.4, -0.2) is 178 Å². The van der Waals surface area contributed by atoms with Crippen molar-refractivity contribution in [2.75, 3.05) is 92.9 Å². The molecule has 3 fully saturated rings. The minimum atomic E-state index is -0.612. The number of likely N-dealkylation sites (tertiary alicyclic amines) is 3. The zero-order chi connectivity index (χ0) is 75.5. The van der Waals surface area contributed by atoms with Gasteiger partial charge in [-0.1, -0.05) is 53.5 Å². The fraction of sp³-hybridized carbons (Fsp3) is 0.415. The Bertz CT molecular complexity index is 4940. The number of hydrogen-bond donors (Lipinski definition) is 3. The molecule has 0 amide bonds. The molecule has 26 heteroatoms. The Labute approximate surface area is 636 Å². The number of aliphatic hydroxyl groups is 3. The van der Waals surface area contributed by atoms with Crippen molar-refractivity contribution >= 4 is 56.1 Å². The molecular formula is C82H93Cl2N9O15. The molecule has 3 N–H and O–H groups in total. The van der Waals surface area contributed by atoms with E-state index in [1.165, 1.54) is 27.8 Å². The molecule has 15 rings (SSSR count). The van der Waals surface area contributed by atoms with Gasteiger partial charge in [0, 0.05) is 58.6 Å². The lowest BCUT2D eigenvalue weighted by atomic mass is 9.86. The Kier molecular flexibility index (Phi) is 25.0. The number of hydrogen-bond acceptors (Lipinski definition) is 24. The minimum Gasteiger partial charge on any atom is -0.497 e. The van der Waals surface area contributed by atoms with Crippen LogP contribution in [-0.2, 0) is 0 Å². The molecule has 3 unspecified atom stereocenters. The molecule has 9 heterocycles. The first kappa shape index (κ1) is 76.7. The van der Waals surface area contributed by atoms with E-state index in [-0.39, 0.29) is 25.9 Å². The third-order valence-electron chi connectivity index (χ3n) is 19.9. The predicted octanol–water partition coefficient (Wildman–Crippen LogP) is 16.0. The van der Waals surface area contributed by atoms with Gasteiger partial charge in [0.05, 0.1) is 46.5 Å². The van der Waals surface area contributed by atoms with Crippen molar-refractivity contribution in [2.45, 2.75) is 129 Å². The minimum absolute atomic E-state index is 0.0907. The summed E-state index contributed by atoms with van der Waals surface area (Å²) in [4.78, 5) is 6.90. The Morgan fingerprint density at radius 3 is 1.19 bits per heavy atom. The molecule has 0 spiro atoms. The van der Waals surface area contributed by atoms with Crippen LogP contribution in [0, 0.1) is 34.6 Å². The second kappa shape index (κ2) is 35.2. The molecule has 3 saturated heterocycles. The van der Waals surface area contributed by atoms with Gasteiger partial charge < -0.3 is 84.9 Å². The van der Waals surface area contributed by atoms with E-state index in [0.717, 1.165) is 105 Å². The molecular weight excluding hydrogens is 1420 g/mol. The summed E-state index contributed by atoms with van der Waals surface area (Å²) in [6.07, 6.45) is 4.49. The van der Waals surface area contributed by atoms with Crippen molar-refractivity contribution in [3.63, 3.8) is 0 Å². The number of β-amino-alcohol motifs (C(OH)–C–C–N with tert-alkyl or cyclic N) is 3. The standard InChI is InChI=1S/C28H32ClN3O5.C27H30ClN3O5.C27H31N3O5/c1-17(2)35-26-8-7-20(13-23(26)29)19-9-11-32(12-10-19)15-21(33)16-34-24-5-4-6-25-22(24)14-27(37-25)28-31-30-18(3)36-28;1-16-11-25(33-3)22(28)12-20(16)18-7-9-31(10-8-18)14-19(32)15-34-23-5-4-6-24-21(23)13-26(36-24)27-30-29-17(2)35-27;1-17-13-21(32-3)7-8-22(17)19-9-11-30(12-10-19)15-20(31)16-33-24-5-4-6-25-23(24)14-26(35-25)27-29-28-18(2)34-27/h4-8,13-14,17,19,21,33H,9-12,15-16H2,1-3H3;4-6,11-13,18-19,32H,7-10,14-15H2,1-3H3;4-8,13-14,19-20,31H,9-12,15-16H2,1-3H3. The Morgan fingerprint density at radius 1 is 0.417 bits per heavy atom. The van der Waals surface area contributed by atoms with Gasteiger partial charge in [0.2, 0.25) is 17.7 Å². The van der Waals surface area contributed by atoms with E-state index >= 15 is 0 Å². The predicted molar refractivity (Wildman–Crippen MR) is 410 cm³/mol. The number of benzene rings is 6. The number of rotatable bonds is 25. The van der Waals surface area contributed by atoms with E-state index in [0.29, 0.717) is 140 Å². The van der Waals surface area contributed by atoms with Crippen LogP contribution >= 0.6 is 23.2 Å². The second-order valence-electron chi connectivity index (χ2n) is 28.3. The van der Waals surface area contributed by atoms with E-state index in [1.54, 1.807) is 35.0 Å². The van der Waals surface area contributed by atoms with Crippen LogP contribution in [0.3, 0.4) is 0 Å². The van der Waals surface area contributed by atoms with Gasteiger partial charge in [-0.05, 0) is 224 Å². The summed E-state index contributed by atoms with van der Waals surface area (Å²) in [5.74, 6) is 9.58. The molecule has 12 aromatic rings. The fourth-order valence-corrected chi connectivity index (χ4v) is 15.0. The highest BCUT2D eigenvalue weighted by atomic mass is 35.5. The highest BCUT2D eigenvalue weighted by molar-refractivity contribution is 6.32. The van der Waals surface area contributed by atoms with Crippen molar-refractivity contribution < 1.29 is 70.2 Å². The number of aromatic nitrogens is 6. The number of piperidine rings is 3. The van der Waals surface area contributed by atoms with Gasteiger partial charge in [0.1, 0.15) is 89.4 Å². The van der Waals surface area contributed by atoms with Crippen LogP contribution in [0.25, 0.3) is 67.9 Å². The molecule has 6 aromatic carbocycles. The average molecular weight is 1520 g/mol. The van der Waals surface area contributed by atoms with Gasteiger partial charge in [-0.3, -0.25) is 0 Å². The molecule has 3 aliphatic heterocycles. The zero-order valence-electron chi connectivity index (χ0n) is 62.3. The summed E-state index contributed by atoms with van der Waals surface area (Å²) < 4.78 is 68.3. The van der Waals surface area contributed by atoms with Gasteiger partial charge in [-0.2, -0.15) is 0 Å². The highest BCUT2D eigenvalue weighted by Gasteiger charge is 2.29. The lowest BCUT2D eigenvalue weighted by Gasteiger charge is -2.34. The van der Waals surface area contributed by atoms with Crippen molar-refractivity contribution in [1.29, 1.82) is 0 Å². The SMILES string of the molecule is COc1cc(C)c(C2CCN(CC(O)COc3cccc4oc(-c5nnc(C)o5)cc34)CC2)cc1Cl.COc1ccc(C2CCN(CC(O)COc3cccc4oc(-c5nnc(C)o5)cc34)CC2)c(C)c1.Cc1nnc(-c2cc3c(OCC(O)CN4CCC(c5ccc(OC(C)C)c(Cl)c5)CC4)cccc3o2)o1. The molecule has 24 nitrogen and oxygen atoms in total. The first-order valence-electron chi connectivity index (χ1n) is 36.8. The van der Waals surface area contributed by atoms with Gasteiger partial charge in [-0.25, -0.2) is 0 Å². The van der Waals surface area contributed by atoms with Crippen LogP contribution in [0.15, 0.2) is 148 Å². The Hall–Kier alpha value is -9.50. The third-order valence-corrected chi connectivity index (χ3v) is 20.5. The maximum absolute atomic E-state index is 10.7. The number of aryl methyl sites for hydroxylation is 5. The number of nitrogens with zero attached hydrogens (tertiary/aromatic N) is 9. The maximum Gasteiger partial charge on any atom is 0.283 e. The third kappa shape index (κ3) is 19.1. The van der Waals surface area contributed by atoms with Crippen LogP contribution in [0.5, 0.6) is 34.5 Å². The van der Waals surface area contributed by atoms with E-state index in [2.05, 4.69) is 77.3 Å². The molecule has 570 valence electrons. The molecule has 0 bridgehead atoms. The second-order valence-corrected chi connectivity index (χ2v) is 29.1. The van der Waals surface area contributed by atoms with Gasteiger partial charge in [0.15, 0.2) is 17.3 Å². The average Bonchev–Trinajstić information content (AvgIpc) is 1.62. The number of aliphatic hydroxyl groups excluding tert-OH is 3. The van der Waals surface area contributed by atoms with Crippen LogP contribution < -0.4 is 28.4 Å². The smallest absolute Gasteiger partial charge is 0.283 e. The summed E-state index contributed by atoms with van der Waals surface area (Å²) in [6, 6.07) is 38.7. The monoisotopic (exact) mass is 1510 g/mol. The lowest BCUT2D eigenvalue weighted by molar-refractivity contribution is 0.0598. The van der Waals surface area contributed by atoms with Gasteiger partial charge in [0.25, 0.3) is 17.7 Å². The molecule has 3 aliphatic rings. The summed E-state index contributed by atoms with van der Waals surface area (Å²) in [5.41, 5.74) is 8.39. The molecule has 108 heavy (non-hydrogen) atoms. The molecule has 3 atom stereocenters.